The maximum absolute atomic E-state index is 13.7. The molecule has 12 rings (SSSR count). The highest BCUT2D eigenvalue weighted by molar-refractivity contribution is 6.04. The lowest BCUT2D eigenvalue weighted by Gasteiger charge is -2.38. The minimum atomic E-state index is -5.53. The van der Waals surface area contributed by atoms with E-state index in [0.29, 0.717) is 22.6 Å². The molecule has 6 saturated carbocycles. The number of fused-ring (bicyclic) bond motifs is 5. The molecule has 6 aromatic rings. The van der Waals surface area contributed by atoms with Crippen LogP contribution in [0.15, 0.2) is 146 Å². The van der Waals surface area contributed by atoms with E-state index in [1.807, 2.05) is 62.4 Å². The molecule has 0 radical (unpaired) electrons. The van der Waals surface area contributed by atoms with Crippen molar-refractivity contribution in [2.45, 2.75) is 370 Å². The molecule has 1 amide bonds. The van der Waals surface area contributed by atoms with Gasteiger partial charge in [-0.1, -0.05) is 352 Å². The summed E-state index contributed by atoms with van der Waals surface area (Å²) in [5, 5.41) is 2.87. The van der Waals surface area contributed by atoms with E-state index in [1.54, 1.807) is 58.8 Å². The molecule has 6 fully saturated rings. The highest BCUT2D eigenvalue weighted by Gasteiger charge is 2.72. The third kappa shape index (κ3) is 45.1. The first-order valence-corrected chi connectivity index (χ1v) is 49.9. The third-order valence-corrected chi connectivity index (χ3v) is 26.1. The van der Waals surface area contributed by atoms with E-state index in [2.05, 4.69) is 192 Å². The number of alkyl halides is 6. The van der Waals surface area contributed by atoms with Crippen LogP contribution in [0.25, 0.3) is 0 Å². The van der Waals surface area contributed by atoms with E-state index in [1.165, 1.54) is 166 Å². The Labute approximate surface area is 762 Å². The van der Waals surface area contributed by atoms with Crippen LogP contribution in [-0.2, 0) is 50.0 Å². The number of halogens is 6. The molecule has 6 aliphatic carbocycles. The smallest absolute Gasteiger partial charge is 0.379 e. The fraction of sp³-hybridized carbons (Fsp3) is 0.673. The van der Waals surface area contributed by atoms with Gasteiger partial charge in [0.15, 0.2) is 0 Å². The van der Waals surface area contributed by atoms with Gasteiger partial charge in [-0.2, -0.15) is 26.3 Å². The Hall–Kier alpha value is -5.79. The molecule has 0 aromatic heterocycles. The zero-order valence-corrected chi connectivity index (χ0v) is 83.5. The van der Waals surface area contributed by atoms with Gasteiger partial charge in [0, 0.05) is 37.7 Å². The summed E-state index contributed by atoms with van der Waals surface area (Å²) in [4.78, 5) is 11.9. The molecule has 6 nitrogen and oxygen atoms in total. The first-order valence-electron chi connectivity index (χ1n) is 49.9. The van der Waals surface area contributed by atoms with Crippen molar-refractivity contribution in [3.05, 3.63) is 207 Å². The summed E-state index contributed by atoms with van der Waals surface area (Å²) in [5.74, 6) is 13.5. The third-order valence-electron chi connectivity index (χ3n) is 26.1. The van der Waals surface area contributed by atoms with Gasteiger partial charge in [-0.05, 0) is 272 Å². The zero-order valence-electron chi connectivity index (χ0n) is 83.5. The second-order valence-electron chi connectivity index (χ2n) is 37.8. The van der Waals surface area contributed by atoms with Crippen LogP contribution < -0.4 is 5.32 Å². The number of rotatable bonds is 26. The highest BCUT2D eigenvalue weighted by atomic mass is 19.4. The van der Waals surface area contributed by atoms with Crippen LogP contribution in [0.5, 0.6) is 0 Å². The highest BCUT2D eigenvalue weighted by Crippen LogP contribution is 2.59. The first kappa shape index (κ1) is 115. The Kier molecular flexibility index (Phi) is 60.6. The molecule has 1 N–H and O–H groups in total. The van der Waals surface area contributed by atoms with Crippen molar-refractivity contribution >= 4 is 11.6 Å². The molecule has 0 spiro atoms. The van der Waals surface area contributed by atoms with Crippen molar-refractivity contribution in [1.82, 2.24) is 0 Å². The molecule has 710 valence electrons. The van der Waals surface area contributed by atoms with Gasteiger partial charge in [0.25, 0.3) is 5.91 Å². The van der Waals surface area contributed by atoms with Crippen molar-refractivity contribution in [2.24, 2.45) is 76.9 Å². The van der Waals surface area contributed by atoms with Gasteiger partial charge >= 0.3 is 12.4 Å². The van der Waals surface area contributed by atoms with Crippen molar-refractivity contribution in [1.29, 1.82) is 0 Å². The molecular weight excluding hydrogens is 1570 g/mol. The van der Waals surface area contributed by atoms with E-state index in [9.17, 15) is 31.1 Å². The number of nitrogens with one attached hydrogen (secondary N) is 1. The van der Waals surface area contributed by atoms with Crippen LogP contribution in [0.3, 0.4) is 0 Å². The number of ether oxygens (including phenoxy) is 4. The summed E-state index contributed by atoms with van der Waals surface area (Å²) >= 11 is 0. The van der Waals surface area contributed by atoms with Crippen LogP contribution in [0, 0.1) is 105 Å². The second-order valence-corrected chi connectivity index (χ2v) is 37.8. The topological polar surface area (TPSA) is 66.0 Å². The Balaban J connectivity index is 0.000000480. The van der Waals surface area contributed by atoms with E-state index < -0.39 is 28.9 Å². The molecule has 12 heteroatoms. The van der Waals surface area contributed by atoms with Gasteiger partial charge in [0.05, 0.1) is 25.9 Å². The normalized spacial score (nSPS) is 21.7. The monoisotopic (exact) mass is 1750 g/mol. The summed E-state index contributed by atoms with van der Waals surface area (Å²) in [7, 11) is 0. The summed E-state index contributed by atoms with van der Waals surface area (Å²) in [6.07, 6.45) is 28.5. The number of hydrogen-bond acceptors (Lipinski definition) is 5. The number of carbonyl (C=O) groups excluding carboxylic acids is 1. The molecule has 0 saturated heterocycles. The summed E-state index contributed by atoms with van der Waals surface area (Å²) in [6, 6.07) is 41.4. The van der Waals surface area contributed by atoms with Crippen molar-refractivity contribution in [3.8, 4) is 0 Å². The lowest BCUT2D eigenvalue weighted by atomic mass is 9.68. The minimum Gasteiger partial charge on any atom is -0.379 e. The van der Waals surface area contributed by atoms with Gasteiger partial charge in [-0.3, -0.25) is 4.79 Å². The van der Waals surface area contributed by atoms with Crippen molar-refractivity contribution < 1.29 is 50.1 Å². The lowest BCUT2D eigenvalue weighted by molar-refractivity contribution is -0.288. The predicted octanol–water partition coefficient (Wildman–Crippen LogP) is 34.0. The molecule has 2 bridgehead atoms. The van der Waals surface area contributed by atoms with Crippen LogP contribution >= 0.6 is 0 Å². The Morgan fingerprint density at radius 3 is 1.11 bits per heavy atom. The average molecular weight is 1750 g/mol. The number of hydrogen-bond donors (Lipinski definition) is 1. The lowest BCUT2D eigenvalue weighted by Crippen LogP contribution is -2.54. The molecule has 0 aliphatic heterocycles. The standard InChI is InChI=1S/C17H14F6.C17H32.C15H15NO.C10H22O2.C10H16.C10H14.C10H20.C10H14.C8H18O2.2C3H8/c1-11-3-7-13(8-4-11)15(16(18,19)20,17(21,22)23)14-9-5-12(2)6-10-14;1-12-5-7-16(9-14(12)3)11-17-8-6-13(2)15(4)10-17;1-11-3-7-13(8-4-11)15(17)16-14-9-5-12(2)6-10-14;1-5-6-11-8-10(4)12-7-9(2)3;1-2-9-7-4-5-8(6-7)10(9)3-1;1-3-9-5-7-10(4-2)8-6-9;2*1-3-9-6-5-7-10(4-2)8-9;1-3-5-9-7-8-10-6-4-2;2*1-3-2/h3-10H,1-2H3;12-17H,5-11H2,1-4H3;3-10H,1-2H3,(H,16,17);9-10H,5-8H2,1-4H3;7-10H,1-6H2;5-8H,3-4H2,1-2H3;9-10H,3-8H2,1-2H3;5-8H,3-4H2,1-2H3;3-8H2,1-2H3;2*3H2,1-2H3. The quantitative estimate of drug-likeness (QED) is 0.0433. The van der Waals surface area contributed by atoms with Crippen LogP contribution in [0.2, 0.25) is 0 Å². The van der Waals surface area contributed by atoms with E-state index in [4.69, 9.17) is 18.9 Å². The van der Waals surface area contributed by atoms with Crippen molar-refractivity contribution in [2.75, 3.05) is 51.6 Å². The Morgan fingerprint density at radius 1 is 0.392 bits per heavy atom. The van der Waals surface area contributed by atoms with Gasteiger partial charge in [-0.25, -0.2) is 0 Å². The second kappa shape index (κ2) is 65.7. The molecule has 13 atom stereocenters. The Morgan fingerprint density at radius 2 is 0.760 bits per heavy atom. The van der Waals surface area contributed by atoms with Gasteiger partial charge in [0.1, 0.15) is 0 Å². The maximum atomic E-state index is 13.7. The maximum Gasteiger partial charge on any atom is 0.411 e. The van der Waals surface area contributed by atoms with Crippen molar-refractivity contribution in [3.63, 3.8) is 0 Å². The van der Waals surface area contributed by atoms with Crippen LogP contribution in [-0.4, -0.2) is 70.6 Å². The SMILES string of the molecule is C1CC2C3CCC(C3)C2C1.CC1CCC(CC2CCC(C)C(C)C2)CC1C.CCC.CCC.CCC1CCCC(CC)C1.CCCOCC(C)OCC(C)C.CCCOCCOCCC.CCc1ccc(CC)cc1.CCc1cccc(CC)c1.Cc1ccc(C(c2ccc(C)cc2)(C(F)(F)F)C(F)(F)F)cc1.Cc1ccc(NC(=O)c2ccc(C)cc2)cc1. The minimum absolute atomic E-state index is 0.0751. The molecular formula is C113H181F6NO5. The first-order chi connectivity index (χ1) is 59.7. The average Bonchev–Trinajstić information content (AvgIpc) is 1.36. The number of aryl methyl sites for hydroxylation is 8. The summed E-state index contributed by atoms with van der Waals surface area (Å²) < 4.78 is 104. The van der Waals surface area contributed by atoms with E-state index in [-0.39, 0.29) is 12.0 Å². The number of amides is 1. The molecule has 125 heavy (non-hydrogen) atoms. The number of benzene rings is 6. The fourth-order valence-electron chi connectivity index (χ4n) is 18.0. The van der Waals surface area contributed by atoms with E-state index in [0.717, 1.165) is 174 Å². The zero-order chi connectivity index (χ0) is 93.3. The molecule has 6 aliphatic rings. The van der Waals surface area contributed by atoms with Gasteiger partial charge in [-0.15, -0.1) is 0 Å². The predicted molar refractivity (Wildman–Crippen MR) is 525 cm³/mol. The number of carbonyl (C=O) groups is 1. The largest absolute Gasteiger partial charge is 0.411 e. The number of anilines is 1. The van der Waals surface area contributed by atoms with Crippen LogP contribution in [0.1, 0.15) is 359 Å². The van der Waals surface area contributed by atoms with Crippen LogP contribution in [0.4, 0.5) is 32.0 Å². The summed E-state index contributed by atoms with van der Waals surface area (Å²) in [5.41, 5.74) is 4.99. The van der Waals surface area contributed by atoms with Gasteiger partial charge in [0.2, 0.25) is 5.41 Å². The summed E-state index contributed by atoms with van der Waals surface area (Å²) in [6.45, 7) is 57.2. The van der Waals surface area contributed by atoms with Gasteiger partial charge < -0.3 is 24.3 Å². The molecule has 6 aromatic carbocycles. The molecule has 13 unspecified atom stereocenters. The fourth-order valence-corrected chi connectivity index (χ4v) is 18.0. The molecule has 0 heterocycles. The van der Waals surface area contributed by atoms with E-state index >= 15 is 0 Å². The Bertz CT molecular complexity index is 3430.